The Labute approximate surface area is 156 Å². The molecule has 2 heterocycles. The topological polar surface area (TPSA) is 77.7 Å². The molecule has 27 heavy (non-hydrogen) atoms. The number of rotatable bonds is 5. The van der Waals surface area contributed by atoms with Gasteiger partial charge in [0, 0.05) is 30.3 Å². The Morgan fingerprint density at radius 3 is 2.37 bits per heavy atom. The van der Waals surface area contributed by atoms with Gasteiger partial charge in [-0.15, -0.1) is 0 Å². The predicted molar refractivity (Wildman–Crippen MR) is 97.9 cm³/mol. The molecule has 4 rings (SSSR count). The smallest absolute Gasteiger partial charge is 0.257 e. The van der Waals surface area contributed by atoms with Gasteiger partial charge in [-0.3, -0.25) is 4.79 Å². The molecule has 1 aromatic heterocycles. The summed E-state index contributed by atoms with van der Waals surface area (Å²) in [5, 5.41) is 4.07. The van der Waals surface area contributed by atoms with Crippen LogP contribution < -0.4 is 9.47 Å². The van der Waals surface area contributed by atoms with Crippen LogP contribution in [0.15, 0.2) is 53.1 Å². The van der Waals surface area contributed by atoms with Gasteiger partial charge in [0.1, 0.15) is 11.5 Å². The average molecular weight is 365 g/mol. The molecule has 1 aliphatic rings. The third kappa shape index (κ3) is 3.36. The maximum absolute atomic E-state index is 12.7. The summed E-state index contributed by atoms with van der Waals surface area (Å²) in [6.45, 7) is 1.10. The second kappa shape index (κ2) is 7.11. The van der Waals surface area contributed by atoms with Gasteiger partial charge in [-0.2, -0.15) is 4.98 Å². The molecular weight excluding hydrogens is 346 g/mol. The van der Waals surface area contributed by atoms with Gasteiger partial charge in [0.2, 0.25) is 0 Å². The molecule has 7 heteroatoms. The van der Waals surface area contributed by atoms with Crippen LogP contribution in [0.5, 0.6) is 11.5 Å². The average Bonchev–Trinajstić information content (AvgIpc) is 3.16. The zero-order valence-corrected chi connectivity index (χ0v) is 15.1. The number of carbonyl (C=O) groups excluding carboxylic acids is 1. The molecule has 0 saturated carbocycles. The molecule has 0 radical (unpaired) electrons. The predicted octanol–water partition coefficient (Wildman–Crippen LogP) is 2.99. The third-order valence-corrected chi connectivity index (χ3v) is 4.59. The Morgan fingerprint density at radius 1 is 1.07 bits per heavy atom. The van der Waals surface area contributed by atoms with Gasteiger partial charge in [-0.05, 0) is 24.3 Å². The van der Waals surface area contributed by atoms with Crippen molar-refractivity contribution in [1.82, 2.24) is 15.0 Å². The highest BCUT2D eigenvalue weighted by atomic mass is 16.5. The molecule has 1 saturated heterocycles. The van der Waals surface area contributed by atoms with E-state index in [-0.39, 0.29) is 11.8 Å². The molecule has 1 amide bonds. The minimum absolute atomic E-state index is 0.0719. The number of hydrogen-bond acceptors (Lipinski definition) is 6. The summed E-state index contributed by atoms with van der Waals surface area (Å²) >= 11 is 0. The van der Waals surface area contributed by atoms with Crippen molar-refractivity contribution in [2.45, 2.75) is 5.92 Å². The lowest BCUT2D eigenvalue weighted by molar-refractivity contribution is 0.0591. The molecule has 0 atom stereocenters. The van der Waals surface area contributed by atoms with E-state index < -0.39 is 0 Å². The van der Waals surface area contributed by atoms with Crippen molar-refractivity contribution >= 4 is 5.91 Å². The lowest BCUT2D eigenvalue weighted by Crippen LogP contribution is -2.48. The largest absolute Gasteiger partial charge is 0.497 e. The second-order valence-corrected chi connectivity index (χ2v) is 6.33. The first-order valence-corrected chi connectivity index (χ1v) is 8.59. The van der Waals surface area contributed by atoms with Crippen molar-refractivity contribution in [3.05, 3.63) is 59.9 Å². The number of hydrogen-bond donors (Lipinski definition) is 0. The van der Waals surface area contributed by atoms with Crippen LogP contribution in [0.2, 0.25) is 0 Å². The zero-order chi connectivity index (χ0) is 18.8. The fraction of sp³-hybridized carbons (Fsp3) is 0.250. The number of aromatic nitrogens is 2. The first-order valence-electron chi connectivity index (χ1n) is 8.59. The lowest BCUT2D eigenvalue weighted by Gasteiger charge is -2.37. The van der Waals surface area contributed by atoms with Crippen molar-refractivity contribution in [2.24, 2.45) is 0 Å². The maximum Gasteiger partial charge on any atom is 0.257 e. The summed E-state index contributed by atoms with van der Waals surface area (Å²) in [5.74, 6) is 2.29. The normalized spacial score (nSPS) is 13.9. The Balaban J connectivity index is 1.44. The minimum Gasteiger partial charge on any atom is -0.497 e. The third-order valence-electron chi connectivity index (χ3n) is 4.59. The van der Waals surface area contributed by atoms with Gasteiger partial charge in [0.15, 0.2) is 5.82 Å². The van der Waals surface area contributed by atoms with Gasteiger partial charge in [-0.25, -0.2) is 0 Å². The monoisotopic (exact) mass is 365 g/mol. The number of likely N-dealkylation sites (tertiary alicyclic amines) is 1. The van der Waals surface area contributed by atoms with Gasteiger partial charge >= 0.3 is 0 Å². The first-order chi connectivity index (χ1) is 13.2. The van der Waals surface area contributed by atoms with Gasteiger partial charge in [0.25, 0.3) is 11.8 Å². The standard InChI is InChI=1S/C20H19N3O4/c1-25-16-8-14(9-17(10-16)26-2)20(24)23-11-15(12-23)18-21-19(27-22-18)13-6-4-3-5-7-13/h3-10,15H,11-12H2,1-2H3. The summed E-state index contributed by atoms with van der Waals surface area (Å²) < 4.78 is 15.8. The van der Waals surface area contributed by atoms with Crippen LogP contribution in [-0.4, -0.2) is 48.3 Å². The number of amides is 1. The molecule has 7 nitrogen and oxygen atoms in total. The molecule has 0 N–H and O–H groups in total. The van der Waals surface area contributed by atoms with Gasteiger partial charge in [-0.1, -0.05) is 23.4 Å². The quantitative estimate of drug-likeness (QED) is 0.692. The Bertz CT molecular complexity index is 927. The number of carbonyl (C=O) groups is 1. The van der Waals surface area contributed by atoms with E-state index in [1.165, 1.54) is 0 Å². The van der Waals surface area contributed by atoms with E-state index >= 15 is 0 Å². The fourth-order valence-electron chi connectivity index (χ4n) is 3.02. The Hall–Kier alpha value is -3.35. The molecule has 138 valence electrons. The van der Waals surface area contributed by atoms with Crippen LogP contribution in [0.4, 0.5) is 0 Å². The summed E-state index contributed by atoms with van der Waals surface area (Å²) in [7, 11) is 3.12. The summed E-state index contributed by atoms with van der Waals surface area (Å²) in [5.41, 5.74) is 1.41. The fourth-order valence-corrected chi connectivity index (χ4v) is 3.02. The van der Waals surface area contributed by atoms with E-state index in [1.54, 1.807) is 37.3 Å². The highest BCUT2D eigenvalue weighted by molar-refractivity contribution is 5.95. The van der Waals surface area contributed by atoms with Crippen LogP contribution >= 0.6 is 0 Å². The molecule has 0 spiro atoms. The number of ether oxygens (including phenoxy) is 2. The van der Waals surface area contributed by atoms with Gasteiger partial charge < -0.3 is 18.9 Å². The maximum atomic E-state index is 12.7. The second-order valence-electron chi connectivity index (χ2n) is 6.33. The van der Waals surface area contributed by atoms with E-state index in [0.717, 1.165) is 5.56 Å². The first kappa shape index (κ1) is 17.1. The Morgan fingerprint density at radius 2 is 1.74 bits per heavy atom. The number of nitrogens with zero attached hydrogens (tertiary/aromatic N) is 3. The van der Waals surface area contributed by atoms with Crippen LogP contribution in [0.1, 0.15) is 22.1 Å². The van der Waals surface area contributed by atoms with Crippen molar-refractivity contribution in [3.8, 4) is 23.0 Å². The van der Waals surface area contributed by atoms with E-state index in [4.69, 9.17) is 14.0 Å². The van der Waals surface area contributed by atoms with Crippen LogP contribution in [0.25, 0.3) is 11.5 Å². The zero-order valence-electron chi connectivity index (χ0n) is 15.1. The molecule has 3 aromatic rings. The van der Waals surface area contributed by atoms with Crippen molar-refractivity contribution in [2.75, 3.05) is 27.3 Å². The summed E-state index contributed by atoms with van der Waals surface area (Å²) in [6, 6.07) is 14.8. The molecule has 0 bridgehead atoms. The SMILES string of the molecule is COc1cc(OC)cc(C(=O)N2CC(c3noc(-c4ccccc4)n3)C2)c1. The number of methoxy groups -OCH3 is 2. The minimum atomic E-state index is -0.0739. The van der Waals surface area contributed by atoms with E-state index in [1.807, 2.05) is 30.3 Å². The molecule has 1 fully saturated rings. The number of benzene rings is 2. The molecular formula is C20H19N3O4. The lowest BCUT2D eigenvalue weighted by atomic mass is 9.98. The molecule has 2 aromatic carbocycles. The van der Waals surface area contributed by atoms with E-state index in [0.29, 0.717) is 41.9 Å². The molecule has 1 aliphatic heterocycles. The summed E-state index contributed by atoms with van der Waals surface area (Å²) in [4.78, 5) is 18.9. The van der Waals surface area contributed by atoms with E-state index in [9.17, 15) is 4.79 Å². The van der Waals surface area contributed by atoms with E-state index in [2.05, 4.69) is 10.1 Å². The van der Waals surface area contributed by atoms with Crippen LogP contribution in [0.3, 0.4) is 0 Å². The highest BCUT2D eigenvalue weighted by Gasteiger charge is 2.35. The van der Waals surface area contributed by atoms with Crippen LogP contribution in [0, 0.1) is 0 Å². The van der Waals surface area contributed by atoms with Crippen molar-refractivity contribution in [1.29, 1.82) is 0 Å². The van der Waals surface area contributed by atoms with Crippen molar-refractivity contribution < 1.29 is 18.8 Å². The molecule has 0 aliphatic carbocycles. The van der Waals surface area contributed by atoms with Crippen molar-refractivity contribution in [3.63, 3.8) is 0 Å². The highest BCUT2D eigenvalue weighted by Crippen LogP contribution is 2.30. The Kier molecular flexibility index (Phi) is 4.50. The van der Waals surface area contributed by atoms with Crippen LogP contribution in [-0.2, 0) is 0 Å². The van der Waals surface area contributed by atoms with Gasteiger partial charge in [0.05, 0.1) is 20.1 Å². The summed E-state index contributed by atoms with van der Waals surface area (Å²) in [6.07, 6.45) is 0. The molecule has 0 unspecified atom stereocenters.